The topological polar surface area (TPSA) is 45.0 Å². The van der Waals surface area contributed by atoms with Crippen molar-refractivity contribution in [2.45, 2.75) is 32.7 Å². The number of benzene rings is 1. The molecule has 0 aliphatic rings. The molecule has 0 heterocycles. The van der Waals surface area contributed by atoms with Gasteiger partial charge in [0.1, 0.15) is 5.75 Å². The molecule has 0 amide bonds. The van der Waals surface area contributed by atoms with Crippen molar-refractivity contribution in [2.75, 3.05) is 11.9 Å². The molecular formula is C13H18N2O. The Bertz CT molecular complexity index is 355. The van der Waals surface area contributed by atoms with Crippen LogP contribution in [-0.4, -0.2) is 12.6 Å². The zero-order chi connectivity index (χ0) is 11.8. The fraction of sp³-hybridized carbons (Fsp3) is 0.462. The van der Waals surface area contributed by atoms with Crippen molar-refractivity contribution in [1.82, 2.24) is 0 Å². The molecule has 3 heteroatoms. The van der Waals surface area contributed by atoms with Gasteiger partial charge in [0.15, 0.2) is 0 Å². The predicted octanol–water partition coefficient (Wildman–Crippen LogP) is 3.19. The molecule has 86 valence electrons. The van der Waals surface area contributed by atoms with Crippen LogP contribution in [0.25, 0.3) is 0 Å². The van der Waals surface area contributed by atoms with Crippen molar-refractivity contribution in [3.05, 3.63) is 24.3 Å². The van der Waals surface area contributed by atoms with Gasteiger partial charge in [-0.05, 0) is 32.4 Å². The normalized spacial score (nSPS) is 9.88. The lowest BCUT2D eigenvalue weighted by Gasteiger charge is -2.11. The second-order valence-corrected chi connectivity index (χ2v) is 3.94. The van der Waals surface area contributed by atoms with Crippen LogP contribution in [0.15, 0.2) is 24.3 Å². The number of hydrogen-bond donors (Lipinski definition) is 1. The molecule has 1 N–H and O–H groups in total. The van der Waals surface area contributed by atoms with Crippen LogP contribution in [0, 0.1) is 11.3 Å². The maximum Gasteiger partial charge on any atom is 0.121 e. The summed E-state index contributed by atoms with van der Waals surface area (Å²) >= 11 is 0. The van der Waals surface area contributed by atoms with Gasteiger partial charge in [0, 0.05) is 24.2 Å². The number of hydrogen-bond acceptors (Lipinski definition) is 3. The van der Waals surface area contributed by atoms with E-state index >= 15 is 0 Å². The molecule has 1 rings (SSSR count). The minimum atomic E-state index is 0.411. The van der Waals surface area contributed by atoms with Crippen molar-refractivity contribution in [1.29, 1.82) is 5.26 Å². The van der Waals surface area contributed by atoms with Crippen molar-refractivity contribution in [3.8, 4) is 11.8 Å². The first-order chi connectivity index (χ1) is 7.72. The highest BCUT2D eigenvalue weighted by Gasteiger charge is 1.98. The minimum absolute atomic E-state index is 0.411. The Morgan fingerprint density at radius 2 is 2.25 bits per heavy atom. The molecule has 0 aromatic heterocycles. The summed E-state index contributed by atoms with van der Waals surface area (Å²) in [5.41, 5.74) is 1.06. The van der Waals surface area contributed by atoms with E-state index in [0.717, 1.165) is 17.9 Å². The predicted molar refractivity (Wildman–Crippen MR) is 65.5 cm³/mol. The number of rotatable bonds is 6. The summed E-state index contributed by atoms with van der Waals surface area (Å²) in [5.74, 6) is 0.851. The third kappa shape index (κ3) is 4.70. The van der Waals surface area contributed by atoms with Crippen LogP contribution in [0.4, 0.5) is 5.69 Å². The lowest BCUT2D eigenvalue weighted by Crippen LogP contribution is -2.09. The number of unbranched alkanes of at least 4 members (excludes halogenated alkanes) is 1. The lowest BCUT2D eigenvalue weighted by atomic mass is 10.2. The average Bonchev–Trinajstić information content (AvgIpc) is 2.24. The van der Waals surface area contributed by atoms with Gasteiger partial charge < -0.3 is 10.1 Å². The number of ether oxygens (including phenoxy) is 1. The summed E-state index contributed by atoms with van der Waals surface area (Å²) < 4.78 is 5.54. The van der Waals surface area contributed by atoms with Gasteiger partial charge in [0.05, 0.1) is 12.7 Å². The molecule has 0 bridgehead atoms. The van der Waals surface area contributed by atoms with Crippen LogP contribution in [0.3, 0.4) is 0 Å². The summed E-state index contributed by atoms with van der Waals surface area (Å²) in [5, 5.41) is 11.7. The summed E-state index contributed by atoms with van der Waals surface area (Å²) in [6.45, 7) is 4.79. The van der Waals surface area contributed by atoms with Crippen molar-refractivity contribution >= 4 is 5.69 Å². The van der Waals surface area contributed by atoms with Crippen molar-refractivity contribution in [3.63, 3.8) is 0 Å². The molecule has 16 heavy (non-hydrogen) atoms. The van der Waals surface area contributed by atoms with Gasteiger partial charge in [-0.25, -0.2) is 0 Å². The minimum Gasteiger partial charge on any atom is -0.493 e. The number of nitriles is 1. The lowest BCUT2D eigenvalue weighted by molar-refractivity contribution is 0.313. The molecule has 0 saturated carbocycles. The molecule has 0 atom stereocenters. The van der Waals surface area contributed by atoms with E-state index in [4.69, 9.17) is 10.00 Å². The van der Waals surface area contributed by atoms with Crippen LogP contribution in [0.2, 0.25) is 0 Å². The summed E-state index contributed by atoms with van der Waals surface area (Å²) in [4.78, 5) is 0. The van der Waals surface area contributed by atoms with Gasteiger partial charge in [-0.15, -0.1) is 0 Å². The van der Waals surface area contributed by atoms with Crippen LogP contribution < -0.4 is 10.1 Å². The quantitative estimate of drug-likeness (QED) is 0.746. The molecule has 0 spiro atoms. The molecule has 0 radical (unpaired) electrons. The van der Waals surface area contributed by atoms with Gasteiger partial charge in [-0.3, -0.25) is 0 Å². The Morgan fingerprint density at radius 1 is 1.44 bits per heavy atom. The number of nitrogens with one attached hydrogen (secondary N) is 1. The Labute approximate surface area is 97.0 Å². The largest absolute Gasteiger partial charge is 0.493 e. The second kappa shape index (κ2) is 6.73. The standard InChI is InChI=1S/C13H18N2O/c1-11(2)15-12-6-5-7-13(10-12)16-9-4-3-8-14/h5-7,10-11,15H,3-4,9H2,1-2H3. The first kappa shape index (κ1) is 12.4. The molecule has 1 aromatic rings. The molecular weight excluding hydrogens is 200 g/mol. The highest BCUT2D eigenvalue weighted by atomic mass is 16.5. The van der Waals surface area contributed by atoms with E-state index in [-0.39, 0.29) is 0 Å². The zero-order valence-corrected chi connectivity index (χ0v) is 9.86. The Hall–Kier alpha value is -1.69. The summed E-state index contributed by atoms with van der Waals surface area (Å²) in [6, 6.07) is 10.4. The Kier molecular flexibility index (Phi) is 5.21. The van der Waals surface area contributed by atoms with Gasteiger partial charge in [-0.1, -0.05) is 6.07 Å². The fourth-order valence-electron chi connectivity index (χ4n) is 1.35. The maximum absolute atomic E-state index is 8.39. The van der Waals surface area contributed by atoms with E-state index in [1.807, 2.05) is 24.3 Å². The van der Waals surface area contributed by atoms with Crippen molar-refractivity contribution < 1.29 is 4.74 Å². The van der Waals surface area contributed by atoms with Gasteiger partial charge in [0.25, 0.3) is 0 Å². The van der Waals surface area contributed by atoms with Gasteiger partial charge in [0.2, 0.25) is 0 Å². The van der Waals surface area contributed by atoms with E-state index in [9.17, 15) is 0 Å². The van der Waals surface area contributed by atoms with Crippen molar-refractivity contribution in [2.24, 2.45) is 0 Å². The van der Waals surface area contributed by atoms with E-state index in [1.165, 1.54) is 0 Å². The molecule has 0 aliphatic heterocycles. The summed E-state index contributed by atoms with van der Waals surface area (Å²) in [6.07, 6.45) is 1.32. The van der Waals surface area contributed by atoms with Gasteiger partial charge in [-0.2, -0.15) is 5.26 Å². The second-order valence-electron chi connectivity index (χ2n) is 3.94. The highest BCUT2D eigenvalue weighted by Crippen LogP contribution is 2.18. The molecule has 0 saturated heterocycles. The SMILES string of the molecule is CC(C)Nc1cccc(OCCCC#N)c1. The first-order valence-corrected chi connectivity index (χ1v) is 5.58. The highest BCUT2D eigenvalue weighted by molar-refractivity contribution is 5.48. The van der Waals surface area contributed by atoms with Crippen LogP contribution in [-0.2, 0) is 0 Å². The smallest absolute Gasteiger partial charge is 0.121 e. The van der Waals surface area contributed by atoms with Crippen LogP contribution in [0.5, 0.6) is 5.75 Å². The molecule has 0 fully saturated rings. The molecule has 1 aromatic carbocycles. The zero-order valence-electron chi connectivity index (χ0n) is 9.86. The maximum atomic E-state index is 8.39. The molecule has 0 unspecified atom stereocenters. The summed E-state index contributed by atoms with van der Waals surface area (Å²) in [7, 11) is 0. The van der Waals surface area contributed by atoms with E-state index < -0.39 is 0 Å². The monoisotopic (exact) mass is 218 g/mol. The third-order valence-electron chi connectivity index (χ3n) is 1.99. The third-order valence-corrected chi connectivity index (χ3v) is 1.99. The Morgan fingerprint density at radius 3 is 2.94 bits per heavy atom. The number of nitrogens with zero attached hydrogens (tertiary/aromatic N) is 1. The van der Waals surface area contributed by atoms with E-state index in [1.54, 1.807) is 0 Å². The fourth-order valence-corrected chi connectivity index (χ4v) is 1.35. The molecule has 3 nitrogen and oxygen atoms in total. The Balaban J connectivity index is 2.44. The van der Waals surface area contributed by atoms with Crippen LogP contribution >= 0.6 is 0 Å². The van der Waals surface area contributed by atoms with Gasteiger partial charge >= 0.3 is 0 Å². The first-order valence-electron chi connectivity index (χ1n) is 5.58. The van der Waals surface area contributed by atoms with Crippen LogP contribution in [0.1, 0.15) is 26.7 Å². The van der Waals surface area contributed by atoms with E-state index in [2.05, 4.69) is 25.2 Å². The molecule has 0 aliphatic carbocycles. The van der Waals surface area contributed by atoms with E-state index in [0.29, 0.717) is 19.1 Å². The number of anilines is 1. The average molecular weight is 218 g/mol.